The number of hydrogen-bond acceptors (Lipinski definition) is 6. The number of hydrogen-bond donors (Lipinski definition) is 1. The van der Waals surface area contributed by atoms with Gasteiger partial charge in [-0.15, -0.1) is 0 Å². The van der Waals surface area contributed by atoms with Crippen LogP contribution in [0.15, 0.2) is 64.4 Å². The zero-order valence-corrected chi connectivity index (χ0v) is 19.9. The van der Waals surface area contributed by atoms with Crippen LogP contribution in [-0.2, 0) is 11.3 Å². The topological polar surface area (TPSA) is 62.4 Å². The van der Waals surface area contributed by atoms with Gasteiger partial charge in [0.25, 0.3) is 11.5 Å². The van der Waals surface area contributed by atoms with E-state index in [1.807, 2.05) is 18.2 Å². The lowest BCUT2D eigenvalue weighted by atomic mass is 10.2. The molecule has 9 heteroatoms. The van der Waals surface area contributed by atoms with Crippen molar-refractivity contribution in [2.24, 2.45) is 0 Å². The summed E-state index contributed by atoms with van der Waals surface area (Å²) in [7, 11) is 1.65. The number of amides is 1. The van der Waals surface area contributed by atoms with Crippen molar-refractivity contribution in [3.05, 3.63) is 81.1 Å². The van der Waals surface area contributed by atoms with E-state index in [4.69, 9.17) is 17.2 Å². The van der Waals surface area contributed by atoms with Crippen molar-refractivity contribution in [3.63, 3.8) is 0 Å². The number of likely N-dealkylation sites (N-methyl/N-ethyl adjacent to an activating group) is 1. The monoisotopic (exact) mass is 478 g/mol. The number of carbonyl (C=O) groups excluding carboxylic acids is 1. The molecule has 2 aromatic heterocycles. The number of pyridine rings is 1. The molecule has 4 heterocycles. The van der Waals surface area contributed by atoms with Gasteiger partial charge in [-0.3, -0.25) is 18.9 Å². The van der Waals surface area contributed by atoms with Gasteiger partial charge in [0, 0.05) is 18.8 Å². The van der Waals surface area contributed by atoms with Crippen molar-refractivity contribution >= 4 is 51.7 Å². The Morgan fingerprint density at radius 2 is 1.82 bits per heavy atom. The van der Waals surface area contributed by atoms with Crippen molar-refractivity contribution in [2.75, 3.05) is 38.1 Å². The number of aromatic nitrogens is 2. The highest BCUT2D eigenvalue weighted by atomic mass is 32.2. The van der Waals surface area contributed by atoms with Gasteiger partial charge in [0.1, 0.15) is 22.3 Å². The highest BCUT2D eigenvalue weighted by Crippen LogP contribution is 2.32. The molecule has 2 aliphatic heterocycles. The van der Waals surface area contributed by atoms with E-state index in [1.54, 1.807) is 25.4 Å². The average molecular weight is 479 g/mol. The van der Waals surface area contributed by atoms with Crippen LogP contribution in [0.5, 0.6) is 0 Å². The van der Waals surface area contributed by atoms with Crippen LogP contribution in [-0.4, -0.2) is 57.7 Å². The first-order valence-electron chi connectivity index (χ1n) is 10.9. The molecule has 2 saturated heterocycles. The maximum atomic E-state index is 13.4. The van der Waals surface area contributed by atoms with Crippen LogP contribution in [0.25, 0.3) is 11.7 Å². The Morgan fingerprint density at radius 1 is 1.09 bits per heavy atom. The van der Waals surface area contributed by atoms with E-state index in [9.17, 15) is 9.59 Å². The van der Waals surface area contributed by atoms with Crippen molar-refractivity contribution in [2.45, 2.75) is 6.54 Å². The molecule has 0 spiro atoms. The number of benzene rings is 1. The second-order valence-corrected chi connectivity index (χ2v) is 9.90. The molecule has 168 valence electrons. The smallest absolute Gasteiger partial charge is 0.267 e. The number of rotatable bonds is 4. The van der Waals surface area contributed by atoms with Crippen LogP contribution >= 0.6 is 24.0 Å². The third-order valence-corrected chi connectivity index (χ3v) is 7.56. The van der Waals surface area contributed by atoms with Gasteiger partial charge in [0.05, 0.1) is 36.6 Å². The molecule has 1 N–H and O–H groups in total. The van der Waals surface area contributed by atoms with E-state index in [2.05, 4.69) is 29.2 Å². The molecule has 1 aromatic carbocycles. The zero-order valence-electron chi connectivity index (χ0n) is 18.2. The van der Waals surface area contributed by atoms with Crippen molar-refractivity contribution in [1.29, 1.82) is 0 Å². The third kappa shape index (κ3) is 4.31. The molecule has 1 amide bonds. The van der Waals surface area contributed by atoms with E-state index in [0.29, 0.717) is 26.3 Å². The first-order chi connectivity index (χ1) is 16.0. The molecule has 33 heavy (non-hydrogen) atoms. The van der Waals surface area contributed by atoms with Crippen LogP contribution in [0.4, 0.5) is 5.82 Å². The summed E-state index contributed by atoms with van der Waals surface area (Å²) in [6.45, 7) is 4.44. The maximum absolute atomic E-state index is 13.4. The van der Waals surface area contributed by atoms with Gasteiger partial charge in [-0.25, -0.2) is 4.98 Å². The molecular formula is C24H24N5O2S2+. The number of piperazine rings is 1. The first kappa shape index (κ1) is 21.8. The number of nitrogens with zero attached hydrogens (tertiary/aromatic N) is 4. The van der Waals surface area contributed by atoms with Gasteiger partial charge in [-0.1, -0.05) is 60.4 Å². The quantitative estimate of drug-likeness (QED) is 0.452. The highest BCUT2D eigenvalue weighted by molar-refractivity contribution is 8.26. The Hall–Kier alpha value is -3.01. The number of quaternary nitrogens is 1. The molecule has 2 fully saturated rings. The number of anilines is 1. The zero-order chi connectivity index (χ0) is 22.9. The normalized spacial score (nSPS) is 18.6. The summed E-state index contributed by atoms with van der Waals surface area (Å²) in [4.78, 5) is 36.4. The average Bonchev–Trinajstić information content (AvgIpc) is 3.08. The molecule has 2 aliphatic rings. The fourth-order valence-corrected chi connectivity index (χ4v) is 5.39. The summed E-state index contributed by atoms with van der Waals surface area (Å²) in [6, 6.07) is 16.0. The Kier molecular flexibility index (Phi) is 6.01. The molecule has 0 unspecified atom stereocenters. The van der Waals surface area contributed by atoms with Crippen molar-refractivity contribution < 1.29 is 9.69 Å². The first-order valence-corrected chi connectivity index (χ1v) is 12.1. The lowest BCUT2D eigenvalue weighted by molar-refractivity contribution is -0.914. The molecule has 3 aromatic rings. The number of nitrogens with one attached hydrogen (secondary N) is 1. The maximum Gasteiger partial charge on any atom is 0.267 e. The number of thioether (sulfide) groups is 1. The molecule has 0 radical (unpaired) electrons. The van der Waals surface area contributed by atoms with Gasteiger partial charge in [0.2, 0.25) is 0 Å². The van der Waals surface area contributed by atoms with Gasteiger partial charge >= 0.3 is 0 Å². The summed E-state index contributed by atoms with van der Waals surface area (Å²) in [5.74, 6) is 0.442. The molecule has 0 saturated carbocycles. The fraction of sp³-hybridized carbons (Fsp3) is 0.250. The summed E-state index contributed by atoms with van der Waals surface area (Å²) < 4.78 is 2.01. The van der Waals surface area contributed by atoms with E-state index < -0.39 is 0 Å². The van der Waals surface area contributed by atoms with Crippen LogP contribution < -0.4 is 15.4 Å². The predicted molar refractivity (Wildman–Crippen MR) is 135 cm³/mol. The lowest BCUT2D eigenvalue weighted by Crippen LogP contribution is -3.13. The minimum atomic E-state index is -0.189. The molecule has 0 aliphatic carbocycles. The number of carbonyl (C=O) groups is 1. The van der Waals surface area contributed by atoms with Gasteiger partial charge < -0.3 is 9.80 Å². The van der Waals surface area contributed by atoms with E-state index in [0.717, 1.165) is 32.7 Å². The second-order valence-electron chi connectivity index (χ2n) is 8.22. The minimum Gasteiger partial charge on any atom is -0.345 e. The predicted octanol–water partition coefficient (Wildman–Crippen LogP) is 1.43. The van der Waals surface area contributed by atoms with Crippen LogP contribution in [0, 0.1) is 0 Å². The number of thiocarbonyl (C=S) groups is 1. The molecular weight excluding hydrogens is 454 g/mol. The molecule has 0 bridgehead atoms. The fourth-order valence-electron chi connectivity index (χ4n) is 4.23. The summed E-state index contributed by atoms with van der Waals surface area (Å²) in [5, 5.41) is 0. The minimum absolute atomic E-state index is 0.184. The molecule has 0 atom stereocenters. The van der Waals surface area contributed by atoms with Gasteiger partial charge in [0.15, 0.2) is 0 Å². The lowest BCUT2D eigenvalue weighted by Gasteiger charge is -2.33. The standard InChI is InChI=1S/C24H23N5O2S2/c1-26-23(31)19(33-24(26)32)15-18-21(25-20-9-5-6-10-29(20)22(18)30)28-13-11-27(12-14-28)16-17-7-3-2-4-8-17/h2-10,15H,11-14,16H2,1H3/p+1. The van der Waals surface area contributed by atoms with Crippen molar-refractivity contribution in [1.82, 2.24) is 14.3 Å². The van der Waals surface area contributed by atoms with Crippen LogP contribution in [0.3, 0.4) is 0 Å². The molecule has 5 rings (SSSR count). The Balaban J connectivity index is 1.48. The SMILES string of the molecule is CN1C(=O)C(=Cc2c(N3CC[NH+](Cc4ccccc4)CC3)nc3ccccn3c2=O)SC1=S. The second kappa shape index (κ2) is 9.09. The van der Waals surface area contributed by atoms with Crippen LogP contribution in [0.1, 0.15) is 11.1 Å². The summed E-state index contributed by atoms with van der Waals surface area (Å²) in [5.41, 5.74) is 2.16. The van der Waals surface area contributed by atoms with E-state index in [-0.39, 0.29) is 11.5 Å². The largest absolute Gasteiger partial charge is 0.345 e. The van der Waals surface area contributed by atoms with Gasteiger partial charge in [-0.2, -0.15) is 0 Å². The van der Waals surface area contributed by atoms with Crippen LogP contribution in [0.2, 0.25) is 0 Å². The van der Waals surface area contributed by atoms with Crippen molar-refractivity contribution in [3.8, 4) is 0 Å². The third-order valence-electron chi connectivity index (χ3n) is 6.08. The summed E-state index contributed by atoms with van der Waals surface area (Å²) in [6.07, 6.45) is 3.37. The van der Waals surface area contributed by atoms with Gasteiger partial charge in [-0.05, 0) is 18.2 Å². The Labute approximate surface area is 201 Å². The molecule has 7 nitrogen and oxygen atoms in total. The highest BCUT2D eigenvalue weighted by Gasteiger charge is 2.31. The Bertz CT molecular complexity index is 1310. The van der Waals surface area contributed by atoms with E-state index in [1.165, 1.54) is 31.5 Å². The number of fused-ring (bicyclic) bond motifs is 1. The van der Waals surface area contributed by atoms with E-state index >= 15 is 0 Å². The summed E-state index contributed by atoms with van der Waals surface area (Å²) >= 11 is 6.48. The Morgan fingerprint density at radius 3 is 2.52 bits per heavy atom.